The van der Waals surface area contributed by atoms with Crippen molar-refractivity contribution < 1.29 is 4.39 Å². The maximum absolute atomic E-state index is 13.1. The maximum Gasteiger partial charge on any atom is 0.123 e. The van der Waals surface area contributed by atoms with Crippen LogP contribution in [0, 0.1) is 5.82 Å². The van der Waals surface area contributed by atoms with Crippen molar-refractivity contribution in [1.29, 1.82) is 0 Å². The molecule has 6 heteroatoms. The number of hydrogen-bond acceptors (Lipinski definition) is 3. The number of halogens is 1. The summed E-state index contributed by atoms with van der Waals surface area (Å²) in [7, 11) is 0. The molecule has 1 fully saturated rings. The lowest BCUT2D eigenvalue weighted by molar-refractivity contribution is 0.135. The number of likely N-dealkylation sites (tertiary alicyclic amines) is 1. The van der Waals surface area contributed by atoms with E-state index in [1.54, 1.807) is 12.1 Å². The minimum atomic E-state index is -0.230. The average molecular weight is 347 g/mol. The molecule has 0 bridgehead atoms. The molecule has 130 valence electrons. The topological polar surface area (TPSA) is 60.6 Å². The summed E-state index contributed by atoms with van der Waals surface area (Å²) < 4.78 is 13.1. The summed E-state index contributed by atoms with van der Waals surface area (Å²) in [6, 6.07) is 14.6. The predicted molar refractivity (Wildman–Crippen MR) is 98.1 cm³/mol. The third-order valence-corrected chi connectivity index (χ3v) is 5.00. The van der Waals surface area contributed by atoms with Crippen molar-refractivity contribution in [1.82, 2.24) is 25.1 Å². The van der Waals surface area contributed by atoms with E-state index in [0.29, 0.717) is 5.92 Å². The Hall–Kier alpha value is -2.99. The molecule has 2 aromatic carbocycles. The van der Waals surface area contributed by atoms with Crippen LogP contribution < -0.4 is 0 Å². The van der Waals surface area contributed by atoms with Crippen molar-refractivity contribution in [2.24, 2.45) is 0 Å². The zero-order chi connectivity index (χ0) is 17.5. The summed E-state index contributed by atoms with van der Waals surface area (Å²) in [4.78, 5) is 10.5. The van der Waals surface area contributed by atoms with Crippen LogP contribution in [0.5, 0.6) is 0 Å². The zero-order valence-corrected chi connectivity index (χ0v) is 14.1. The number of nitrogens with zero attached hydrogens (tertiary/aromatic N) is 3. The van der Waals surface area contributed by atoms with Gasteiger partial charge in [0.15, 0.2) is 0 Å². The molecule has 0 amide bonds. The summed E-state index contributed by atoms with van der Waals surface area (Å²) in [5.41, 5.74) is 5.15. The fourth-order valence-electron chi connectivity index (χ4n) is 3.58. The molecule has 0 spiro atoms. The largest absolute Gasteiger partial charge is 0.342 e. The molecule has 1 saturated heterocycles. The highest BCUT2D eigenvalue weighted by molar-refractivity contribution is 5.74. The number of aromatic nitrogens is 4. The number of para-hydroxylation sites is 2. The summed E-state index contributed by atoms with van der Waals surface area (Å²) in [5.74, 6) is 1.27. The fraction of sp³-hybridized carbons (Fsp3) is 0.200. The van der Waals surface area contributed by atoms with Gasteiger partial charge in [-0.3, -0.25) is 10.00 Å². The second kappa shape index (κ2) is 6.07. The normalized spacial score (nSPS) is 15.4. The van der Waals surface area contributed by atoms with Gasteiger partial charge in [0.2, 0.25) is 0 Å². The number of H-pyrrole nitrogens is 2. The Morgan fingerprint density at radius 2 is 1.88 bits per heavy atom. The van der Waals surface area contributed by atoms with Crippen LogP contribution in [0.4, 0.5) is 4.39 Å². The van der Waals surface area contributed by atoms with Crippen LogP contribution >= 0.6 is 0 Å². The Balaban J connectivity index is 1.28. The van der Waals surface area contributed by atoms with Crippen LogP contribution in [0.25, 0.3) is 22.3 Å². The van der Waals surface area contributed by atoms with E-state index >= 15 is 0 Å². The van der Waals surface area contributed by atoms with Gasteiger partial charge in [-0.15, -0.1) is 0 Å². The van der Waals surface area contributed by atoms with E-state index in [1.165, 1.54) is 12.1 Å². The molecule has 0 aliphatic carbocycles. The van der Waals surface area contributed by atoms with Gasteiger partial charge in [0.05, 0.1) is 22.9 Å². The lowest BCUT2D eigenvalue weighted by atomic mass is 9.98. The van der Waals surface area contributed by atoms with Gasteiger partial charge >= 0.3 is 0 Å². The van der Waals surface area contributed by atoms with E-state index in [-0.39, 0.29) is 5.82 Å². The van der Waals surface area contributed by atoms with Crippen LogP contribution in [0.15, 0.2) is 54.7 Å². The van der Waals surface area contributed by atoms with Crippen LogP contribution in [0.1, 0.15) is 17.3 Å². The van der Waals surface area contributed by atoms with Crippen LogP contribution in [0.2, 0.25) is 0 Å². The van der Waals surface area contributed by atoms with Crippen LogP contribution in [-0.2, 0) is 6.54 Å². The molecular formula is C20H18FN5. The average Bonchev–Trinajstić information content (AvgIpc) is 3.24. The molecule has 0 atom stereocenters. The highest BCUT2D eigenvalue weighted by Crippen LogP contribution is 2.30. The van der Waals surface area contributed by atoms with E-state index in [4.69, 9.17) is 4.98 Å². The number of nitrogens with one attached hydrogen (secondary N) is 2. The van der Waals surface area contributed by atoms with E-state index < -0.39 is 0 Å². The van der Waals surface area contributed by atoms with Crippen molar-refractivity contribution in [2.75, 3.05) is 13.1 Å². The predicted octanol–water partition coefficient (Wildman–Crippen LogP) is 3.69. The SMILES string of the molecule is Fc1ccc(-c2[nH]ncc2CN2CC(c3nc4ccccc4[nH]3)C2)cc1. The Labute approximate surface area is 149 Å². The molecule has 2 aromatic heterocycles. The first-order valence-corrected chi connectivity index (χ1v) is 8.71. The van der Waals surface area contributed by atoms with E-state index in [9.17, 15) is 4.39 Å². The van der Waals surface area contributed by atoms with Gasteiger partial charge in [-0.05, 0) is 36.4 Å². The maximum atomic E-state index is 13.1. The molecule has 0 unspecified atom stereocenters. The quantitative estimate of drug-likeness (QED) is 0.592. The minimum absolute atomic E-state index is 0.230. The number of rotatable bonds is 4. The zero-order valence-electron chi connectivity index (χ0n) is 14.1. The van der Waals surface area contributed by atoms with E-state index in [2.05, 4.69) is 26.1 Å². The third-order valence-electron chi connectivity index (χ3n) is 5.00. The van der Waals surface area contributed by atoms with Crippen molar-refractivity contribution >= 4 is 11.0 Å². The molecular weight excluding hydrogens is 329 g/mol. The number of benzene rings is 2. The molecule has 4 aromatic rings. The van der Waals surface area contributed by atoms with Gasteiger partial charge in [0, 0.05) is 36.7 Å². The van der Waals surface area contributed by atoms with Crippen molar-refractivity contribution in [2.45, 2.75) is 12.5 Å². The van der Waals surface area contributed by atoms with Gasteiger partial charge in [-0.2, -0.15) is 5.10 Å². The monoisotopic (exact) mass is 347 g/mol. The molecule has 5 rings (SSSR count). The van der Waals surface area contributed by atoms with Crippen molar-refractivity contribution in [3.63, 3.8) is 0 Å². The minimum Gasteiger partial charge on any atom is -0.342 e. The van der Waals surface area contributed by atoms with Gasteiger partial charge in [0.1, 0.15) is 11.6 Å². The first-order valence-electron chi connectivity index (χ1n) is 8.71. The Morgan fingerprint density at radius 1 is 1.08 bits per heavy atom. The fourth-order valence-corrected chi connectivity index (χ4v) is 3.58. The highest BCUT2D eigenvalue weighted by Gasteiger charge is 2.31. The summed E-state index contributed by atoms with van der Waals surface area (Å²) >= 11 is 0. The van der Waals surface area contributed by atoms with Crippen molar-refractivity contribution in [3.05, 3.63) is 71.9 Å². The Bertz CT molecular complexity index is 1010. The first kappa shape index (κ1) is 15.3. The second-order valence-electron chi connectivity index (χ2n) is 6.81. The number of hydrogen-bond donors (Lipinski definition) is 2. The smallest absolute Gasteiger partial charge is 0.123 e. The highest BCUT2D eigenvalue weighted by atomic mass is 19.1. The van der Waals surface area contributed by atoms with Gasteiger partial charge in [-0.1, -0.05) is 12.1 Å². The van der Waals surface area contributed by atoms with Crippen LogP contribution in [0.3, 0.4) is 0 Å². The van der Waals surface area contributed by atoms with E-state index in [1.807, 2.05) is 24.4 Å². The molecule has 26 heavy (non-hydrogen) atoms. The lowest BCUT2D eigenvalue weighted by Gasteiger charge is -2.38. The van der Waals surface area contributed by atoms with Gasteiger partial charge in [-0.25, -0.2) is 9.37 Å². The molecule has 1 aliphatic heterocycles. The van der Waals surface area contributed by atoms with Gasteiger partial charge in [0.25, 0.3) is 0 Å². The molecule has 3 heterocycles. The molecule has 1 aliphatic rings. The first-order chi connectivity index (χ1) is 12.8. The van der Waals surface area contributed by atoms with E-state index in [0.717, 1.165) is 53.3 Å². The lowest BCUT2D eigenvalue weighted by Crippen LogP contribution is -2.44. The Kier molecular flexibility index (Phi) is 3.57. The molecule has 2 N–H and O–H groups in total. The van der Waals surface area contributed by atoms with Crippen molar-refractivity contribution in [3.8, 4) is 11.3 Å². The summed E-state index contributed by atoms with van der Waals surface area (Å²) in [5, 5.41) is 7.21. The number of fused-ring (bicyclic) bond motifs is 1. The molecule has 5 nitrogen and oxygen atoms in total. The molecule has 0 radical (unpaired) electrons. The molecule has 0 saturated carbocycles. The van der Waals surface area contributed by atoms with Crippen LogP contribution in [-0.4, -0.2) is 38.2 Å². The number of imidazole rings is 1. The van der Waals surface area contributed by atoms with Gasteiger partial charge < -0.3 is 4.98 Å². The third kappa shape index (κ3) is 2.68. The number of aromatic amines is 2. The summed E-state index contributed by atoms with van der Waals surface area (Å²) in [6.45, 7) is 2.75. The Morgan fingerprint density at radius 3 is 2.69 bits per heavy atom. The second-order valence-corrected chi connectivity index (χ2v) is 6.81. The summed E-state index contributed by atoms with van der Waals surface area (Å²) in [6.07, 6.45) is 1.85. The standard InChI is InChI=1S/C20H18FN5/c21-16-7-5-13(6-8-16)19-14(9-22-25-19)10-26-11-15(12-26)20-23-17-3-1-2-4-18(17)24-20/h1-9,15H,10-12H2,(H,22,25)(H,23,24).